The number of alkyl halides is 2. The van der Waals surface area contributed by atoms with E-state index in [4.69, 9.17) is 24.3 Å². The number of pyridine rings is 1. The molecular weight excluding hydrogens is 620 g/mol. The van der Waals surface area contributed by atoms with E-state index < -0.39 is 48.1 Å². The zero-order chi connectivity index (χ0) is 29.0. The van der Waals surface area contributed by atoms with Gasteiger partial charge in [-0.05, 0) is 29.3 Å². The Balaban J connectivity index is 1.40. The molecule has 0 saturated carbocycles. The molecule has 0 spiro atoms. The molecule has 0 radical (unpaired) electrons. The molecule has 18 heteroatoms. The molecule has 4 N–H and O–H groups in total. The van der Waals surface area contributed by atoms with Crippen LogP contribution in [-0.4, -0.2) is 65.2 Å². The van der Waals surface area contributed by atoms with Crippen LogP contribution in [-0.2, 0) is 42.0 Å². The molecule has 1 saturated heterocycles. The number of hydrogen-bond donors (Lipinski definition) is 3. The van der Waals surface area contributed by atoms with E-state index in [1.807, 2.05) is 0 Å². The summed E-state index contributed by atoms with van der Waals surface area (Å²) in [6, 6.07) is 1.70. The number of nitrogen functional groups attached to an aromatic ring is 1. The maximum absolute atomic E-state index is 16.1. The van der Waals surface area contributed by atoms with Crippen LogP contribution in [0.25, 0.3) is 5.65 Å². The van der Waals surface area contributed by atoms with Crippen LogP contribution in [0.2, 0.25) is 0 Å². The number of ether oxygens (including phenoxy) is 2. The first kappa shape index (κ1) is 28.1. The molecule has 5 atom stereocenters. The zero-order valence-electron chi connectivity index (χ0n) is 21.0. The van der Waals surface area contributed by atoms with Crippen LogP contribution in [0.1, 0.15) is 29.4 Å². The van der Waals surface area contributed by atoms with Crippen LogP contribution >= 0.6 is 23.5 Å². The normalized spacial score (nSPS) is 29.5. The highest BCUT2D eigenvalue weighted by Crippen LogP contribution is 2.57. The summed E-state index contributed by atoms with van der Waals surface area (Å²) in [6.07, 6.45) is -0.860. The number of aromatic nitrogens is 5. The Bertz CT molecular complexity index is 1670. The van der Waals surface area contributed by atoms with E-state index in [0.717, 1.165) is 10.7 Å². The molecule has 0 amide bonds. The van der Waals surface area contributed by atoms with Crippen molar-refractivity contribution in [3.8, 4) is 11.8 Å². The molecule has 2 unspecified atom stereocenters. The summed E-state index contributed by atoms with van der Waals surface area (Å²) in [4.78, 5) is 33.7. The number of nitrogens with one attached hydrogen (secondary N) is 1. The van der Waals surface area contributed by atoms with E-state index in [2.05, 4.69) is 36.0 Å². The molecule has 0 aliphatic carbocycles. The second kappa shape index (κ2) is 9.89. The minimum Gasteiger partial charge on any atom is -0.461 e. The number of nitrogens with two attached hydrogens (primary N) is 1. The minimum atomic E-state index is -3.87. The minimum absolute atomic E-state index is 0.0443. The summed E-state index contributed by atoms with van der Waals surface area (Å²) in [5.41, 5.74) is 3.30. The molecule has 5 rings (SSSR count). The standard InChI is InChI=1S/C22H22BrFN7O8P/c1-10-16-13(12(5-27-10)7-36-11(2)32)3-4-40(35,39-16)37-8-14-17(33)22(23,24)21(9-25,38-14)15-6-28-18-19(34)29-20(26)30-31(15)18/h5-6,14,17,33H,3-4,7-8H2,1-2H3,(H3,26,29,30,34)/t14-,17+,21+,22?,40?/m1/s1. The summed E-state index contributed by atoms with van der Waals surface area (Å²) >= 11 is 2.77. The van der Waals surface area contributed by atoms with Crippen molar-refractivity contribution in [2.24, 2.45) is 0 Å². The highest BCUT2D eigenvalue weighted by molar-refractivity contribution is 9.10. The number of aliphatic hydroxyl groups excluding tert-OH is 1. The third-order valence-electron chi connectivity index (χ3n) is 6.57. The van der Waals surface area contributed by atoms with Gasteiger partial charge in [0.2, 0.25) is 21.8 Å². The van der Waals surface area contributed by atoms with E-state index in [9.17, 15) is 24.5 Å². The van der Waals surface area contributed by atoms with Gasteiger partial charge in [0.05, 0.1) is 24.7 Å². The number of nitriles is 1. The number of hydrogen-bond acceptors (Lipinski definition) is 13. The van der Waals surface area contributed by atoms with Crippen LogP contribution < -0.4 is 15.8 Å². The van der Waals surface area contributed by atoms with Crippen molar-refractivity contribution in [2.75, 3.05) is 18.5 Å². The summed E-state index contributed by atoms with van der Waals surface area (Å²) in [7, 11) is -3.87. The number of fused-ring (bicyclic) bond motifs is 2. The average molecular weight is 642 g/mol. The number of carbonyl (C=O) groups excluding carboxylic acids is 1. The topological polar surface area (TPSA) is 217 Å². The van der Waals surface area contributed by atoms with Gasteiger partial charge in [0.15, 0.2) is 5.75 Å². The molecule has 5 heterocycles. The predicted molar refractivity (Wildman–Crippen MR) is 136 cm³/mol. The number of rotatable bonds is 6. The first-order valence-corrected chi connectivity index (χ1v) is 14.3. The third kappa shape index (κ3) is 4.45. The molecular formula is C22H22BrFN7O8P. The van der Waals surface area contributed by atoms with Gasteiger partial charge in [0.25, 0.3) is 5.56 Å². The fourth-order valence-electron chi connectivity index (χ4n) is 4.56. The molecule has 3 aromatic rings. The number of imidazole rings is 1. The summed E-state index contributed by atoms with van der Waals surface area (Å²) in [6.45, 7) is 2.23. The predicted octanol–water partition coefficient (Wildman–Crippen LogP) is 1.15. The van der Waals surface area contributed by atoms with Gasteiger partial charge in [-0.15, -0.1) is 5.10 Å². The fourth-order valence-corrected chi connectivity index (χ4v) is 6.90. The monoisotopic (exact) mass is 641 g/mol. The van der Waals surface area contributed by atoms with Crippen molar-refractivity contribution in [1.82, 2.24) is 24.6 Å². The number of anilines is 1. The Hall–Kier alpha value is -3.42. The third-order valence-corrected chi connectivity index (χ3v) is 9.37. The van der Waals surface area contributed by atoms with Crippen molar-refractivity contribution < 1.29 is 37.4 Å². The Labute approximate surface area is 233 Å². The van der Waals surface area contributed by atoms with E-state index >= 15 is 4.39 Å². The highest BCUT2D eigenvalue weighted by atomic mass is 79.9. The van der Waals surface area contributed by atoms with Crippen LogP contribution in [0.15, 0.2) is 17.2 Å². The van der Waals surface area contributed by atoms with Crippen LogP contribution in [0.5, 0.6) is 5.75 Å². The van der Waals surface area contributed by atoms with Gasteiger partial charge in [-0.3, -0.25) is 24.1 Å². The van der Waals surface area contributed by atoms with Gasteiger partial charge in [0.1, 0.15) is 30.6 Å². The van der Waals surface area contributed by atoms with Gasteiger partial charge in [-0.25, -0.2) is 18.5 Å². The first-order valence-electron chi connectivity index (χ1n) is 11.7. The van der Waals surface area contributed by atoms with Crippen LogP contribution in [0.4, 0.5) is 10.3 Å². The van der Waals surface area contributed by atoms with Crippen LogP contribution in [0.3, 0.4) is 0 Å². The largest absolute Gasteiger partial charge is 0.461 e. The van der Waals surface area contributed by atoms with Gasteiger partial charge >= 0.3 is 13.6 Å². The Morgan fingerprint density at radius 3 is 2.92 bits per heavy atom. The van der Waals surface area contributed by atoms with Gasteiger partial charge in [-0.2, -0.15) is 5.26 Å². The maximum Gasteiger partial charge on any atom is 0.379 e. The Morgan fingerprint density at radius 1 is 1.48 bits per heavy atom. The number of aryl methyl sites for hydroxylation is 1. The average Bonchev–Trinajstić information content (AvgIpc) is 3.40. The van der Waals surface area contributed by atoms with Gasteiger partial charge in [-0.1, -0.05) is 0 Å². The van der Waals surface area contributed by atoms with Crippen LogP contribution in [0, 0.1) is 18.3 Å². The lowest BCUT2D eigenvalue weighted by molar-refractivity contribution is -0.142. The fraction of sp³-hybridized carbons (Fsp3) is 0.455. The number of aliphatic hydroxyl groups is 1. The molecule has 3 aromatic heterocycles. The Kier molecular flexibility index (Phi) is 6.95. The number of halogens is 2. The molecule has 15 nitrogen and oxygen atoms in total. The van der Waals surface area contributed by atoms with Gasteiger partial charge in [0, 0.05) is 24.2 Å². The summed E-state index contributed by atoms with van der Waals surface area (Å²) in [5, 5.41) is 24.8. The Morgan fingerprint density at radius 2 is 2.23 bits per heavy atom. The van der Waals surface area contributed by atoms with E-state index in [0.29, 0.717) is 16.8 Å². The highest BCUT2D eigenvalue weighted by Gasteiger charge is 2.69. The second-order valence-corrected chi connectivity index (χ2v) is 12.4. The van der Waals surface area contributed by atoms with Crippen molar-refractivity contribution in [1.29, 1.82) is 5.26 Å². The van der Waals surface area contributed by atoms with Gasteiger partial charge < -0.3 is 24.8 Å². The number of esters is 1. The smallest absolute Gasteiger partial charge is 0.379 e. The lowest BCUT2D eigenvalue weighted by atomic mass is 9.94. The van der Waals surface area contributed by atoms with Crippen molar-refractivity contribution in [3.63, 3.8) is 0 Å². The molecule has 2 aliphatic heterocycles. The molecule has 0 aromatic carbocycles. The lowest BCUT2D eigenvalue weighted by Crippen LogP contribution is -2.46. The van der Waals surface area contributed by atoms with E-state index in [1.54, 1.807) is 13.0 Å². The molecule has 40 heavy (non-hydrogen) atoms. The molecule has 212 valence electrons. The van der Waals surface area contributed by atoms with E-state index in [1.165, 1.54) is 13.1 Å². The number of H-pyrrole nitrogens is 1. The number of carbonyl (C=O) groups is 1. The van der Waals surface area contributed by atoms with E-state index in [-0.39, 0.29) is 42.2 Å². The van der Waals surface area contributed by atoms with Crippen molar-refractivity contribution in [3.05, 3.63) is 45.3 Å². The zero-order valence-corrected chi connectivity index (χ0v) is 23.4. The molecule has 1 fully saturated rings. The number of aromatic amines is 1. The molecule has 0 bridgehead atoms. The maximum atomic E-state index is 16.1. The lowest BCUT2D eigenvalue weighted by Gasteiger charge is -2.29. The first-order chi connectivity index (χ1) is 18.8. The SMILES string of the molecule is CC(=O)OCc1cnc(C)c2c1CCP(=O)(OC[C@H]1O[C@@](C#N)(c3cnc4c(=O)[nH]c(N)nn34)C(F)(Br)[C@H]1O)O2. The number of nitrogens with zero attached hydrogens (tertiary/aromatic N) is 5. The summed E-state index contributed by atoms with van der Waals surface area (Å²) < 4.78 is 49.6. The van der Waals surface area contributed by atoms with Crippen molar-refractivity contribution >= 4 is 41.1 Å². The second-order valence-electron chi connectivity index (χ2n) is 9.16. The molecule has 2 aliphatic rings. The van der Waals surface area contributed by atoms with Crippen molar-refractivity contribution in [2.45, 2.75) is 49.3 Å². The summed E-state index contributed by atoms with van der Waals surface area (Å²) in [5.74, 6) is -0.608. The quantitative estimate of drug-likeness (QED) is 0.196.